The minimum atomic E-state index is -1.51. The number of nitrogens with one attached hydrogen (secondary N) is 1. The van der Waals surface area contributed by atoms with Crippen LogP contribution in [0.5, 0.6) is 5.75 Å². The zero-order valence-corrected chi connectivity index (χ0v) is 25.8. The highest BCUT2D eigenvalue weighted by Gasteiger charge is 2.28. The molecule has 0 aliphatic heterocycles. The zero-order valence-electron chi connectivity index (χ0n) is 25.8. The summed E-state index contributed by atoms with van der Waals surface area (Å²) in [4.78, 5) is 37.4. The monoisotopic (exact) mass is 598 g/mol. The number of nitrogens with zero attached hydrogens (tertiary/aromatic N) is 5. The molecule has 0 radical (unpaired) electrons. The second-order valence-electron chi connectivity index (χ2n) is 11.1. The van der Waals surface area contributed by atoms with Crippen LogP contribution in [0.25, 0.3) is 0 Å². The fraction of sp³-hybridized carbons (Fsp3) is 0.424. The first kappa shape index (κ1) is 32.1. The van der Waals surface area contributed by atoms with Crippen LogP contribution in [0.1, 0.15) is 72.5 Å². The lowest BCUT2D eigenvalue weighted by Crippen LogP contribution is -2.37. The molecule has 3 unspecified atom stereocenters. The number of benzene rings is 2. The van der Waals surface area contributed by atoms with Crippen molar-refractivity contribution in [3.63, 3.8) is 0 Å². The van der Waals surface area contributed by atoms with Crippen molar-refractivity contribution in [2.75, 3.05) is 13.7 Å². The molecular formula is C33H38N6O5. The minimum absolute atomic E-state index is 0.0495. The maximum Gasteiger partial charge on any atom is 0.413 e. The van der Waals surface area contributed by atoms with Crippen LogP contribution >= 0.6 is 0 Å². The summed E-state index contributed by atoms with van der Waals surface area (Å²) in [5.74, 6) is 0.464. The van der Waals surface area contributed by atoms with Gasteiger partial charge < -0.3 is 9.47 Å². The Kier molecular flexibility index (Phi) is 10.6. The third-order valence-electron chi connectivity index (χ3n) is 8.00. The summed E-state index contributed by atoms with van der Waals surface area (Å²) < 4.78 is 11.5. The van der Waals surface area contributed by atoms with Crippen molar-refractivity contribution in [3.05, 3.63) is 86.3 Å². The zero-order chi connectivity index (χ0) is 31.8. The molecule has 0 saturated heterocycles. The molecule has 3 atom stereocenters. The van der Waals surface area contributed by atoms with Gasteiger partial charge in [-0.3, -0.25) is 14.9 Å². The standard InChI is InChI=1S/C33H38N6O5/c1-6-44-33(42)35-31(40)30(18-34)37-36-24-14-21(3)28(22(4)15-24)16-25-17-29(27-9-7-8-20(27)2)32(41)39(38-25)19-23-10-12-26(43-5)13-11-23/h10-15,17,20,27,30H,6-9,16,19H2,1-5H3,(H,35,40,42)/b37-36+. The third kappa shape index (κ3) is 7.75. The molecule has 11 nitrogen and oxygen atoms in total. The number of aromatic nitrogens is 2. The molecule has 1 aliphatic carbocycles. The van der Waals surface area contributed by atoms with Crippen molar-refractivity contribution >= 4 is 17.7 Å². The molecule has 1 fully saturated rings. The van der Waals surface area contributed by atoms with Crippen LogP contribution < -0.4 is 15.6 Å². The van der Waals surface area contributed by atoms with E-state index in [4.69, 9.17) is 9.84 Å². The van der Waals surface area contributed by atoms with E-state index in [-0.39, 0.29) is 18.1 Å². The smallest absolute Gasteiger partial charge is 0.413 e. The van der Waals surface area contributed by atoms with Crippen LogP contribution in [0.15, 0.2) is 57.5 Å². The number of azo groups is 1. The number of imide groups is 1. The summed E-state index contributed by atoms with van der Waals surface area (Å²) in [7, 11) is 1.62. The van der Waals surface area contributed by atoms with Crippen LogP contribution in [0, 0.1) is 31.1 Å². The number of alkyl carbamates (subject to hydrolysis) is 1. The van der Waals surface area contributed by atoms with Crippen molar-refractivity contribution in [3.8, 4) is 11.8 Å². The third-order valence-corrected chi connectivity index (χ3v) is 8.00. The summed E-state index contributed by atoms with van der Waals surface area (Å²) in [6.07, 6.45) is 2.76. The van der Waals surface area contributed by atoms with Crippen LogP contribution in [0.3, 0.4) is 0 Å². The van der Waals surface area contributed by atoms with Gasteiger partial charge in [0.15, 0.2) is 0 Å². The van der Waals surface area contributed by atoms with Gasteiger partial charge in [-0.15, -0.1) is 0 Å². The van der Waals surface area contributed by atoms with Crippen molar-refractivity contribution in [2.24, 2.45) is 16.1 Å². The molecule has 11 heteroatoms. The van der Waals surface area contributed by atoms with Crippen molar-refractivity contribution in [1.29, 1.82) is 5.26 Å². The average molecular weight is 599 g/mol. The topological polar surface area (TPSA) is 148 Å². The SMILES string of the molecule is CCOC(=O)NC(=O)C(C#N)/N=N/c1cc(C)c(Cc2cc(C3CCCC3C)c(=O)n(Cc3ccc(OC)cc3)n2)c(C)c1. The number of ether oxygens (including phenoxy) is 2. The van der Waals surface area contributed by atoms with Gasteiger partial charge in [-0.1, -0.05) is 31.9 Å². The lowest BCUT2D eigenvalue weighted by molar-refractivity contribution is -0.120. The lowest BCUT2D eigenvalue weighted by atomic mass is 9.90. The normalized spacial score (nSPS) is 16.8. The van der Waals surface area contributed by atoms with Gasteiger partial charge in [-0.25, -0.2) is 9.48 Å². The number of nitriles is 1. The van der Waals surface area contributed by atoms with Gasteiger partial charge in [0.1, 0.15) is 11.8 Å². The predicted molar refractivity (Wildman–Crippen MR) is 164 cm³/mol. The fourth-order valence-corrected chi connectivity index (χ4v) is 5.68. The van der Waals surface area contributed by atoms with Gasteiger partial charge in [0.2, 0.25) is 6.04 Å². The van der Waals surface area contributed by atoms with E-state index in [1.165, 1.54) is 0 Å². The van der Waals surface area contributed by atoms with Crippen LogP contribution in [-0.4, -0.2) is 41.5 Å². The molecule has 44 heavy (non-hydrogen) atoms. The quantitative estimate of drug-likeness (QED) is 0.296. The minimum Gasteiger partial charge on any atom is -0.497 e. The van der Waals surface area contributed by atoms with Crippen LogP contribution in [-0.2, 0) is 22.5 Å². The Balaban J connectivity index is 1.61. The van der Waals surface area contributed by atoms with E-state index in [1.807, 2.05) is 61.6 Å². The molecule has 4 rings (SSSR count). The molecule has 0 spiro atoms. The van der Waals surface area contributed by atoms with E-state index < -0.39 is 18.0 Å². The summed E-state index contributed by atoms with van der Waals surface area (Å²) in [5.41, 5.74) is 5.87. The molecular weight excluding hydrogens is 560 g/mol. The number of hydrogen-bond acceptors (Lipinski definition) is 9. The lowest BCUT2D eigenvalue weighted by Gasteiger charge is -2.19. The molecule has 1 aliphatic rings. The van der Waals surface area contributed by atoms with Crippen molar-refractivity contribution in [1.82, 2.24) is 15.1 Å². The maximum atomic E-state index is 13.7. The second-order valence-corrected chi connectivity index (χ2v) is 11.1. The Morgan fingerprint density at radius 1 is 1.16 bits per heavy atom. The number of carbonyl (C=O) groups excluding carboxylic acids is 2. The number of amides is 2. The first-order valence-corrected chi connectivity index (χ1v) is 14.8. The van der Waals surface area contributed by atoms with Gasteiger partial charge >= 0.3 is 6.09 Å². The highest BCUT2D eigenvalue weighted by atomic mass is 16.5. The Labute approximate surface area is 256 Å². The average Bonchev–Trinajstić information content (AvgIpc) is 3.42. The number of aryl methyl sites for hydroxylation is 2. The van der Waals surface area contributed by atoms with E-state index in [2.05, 4.69) is 21.9 Å². The molecule has 230 valence electrons. The maximum absolute atomic E-state index is 13.7. The number of rotatable bonds is 10. The van der Waals surface area contributed by atoms with E-state index >= 15 is 0 Å². The van der Waals surface area contributed by atoms with E-state index in [1.54, 1.807) is 24.8 Å². The first-order chi connectivity index (χ1) is 21.1. The molecule has 2 amide bonds. The summed E-state index contributed by atoms with van der Waals surface area (Å²) >= 11 is 0. The van der Waals surface area contributed by atoms with Gasteiger partial charge in [0.25, 0.3) is 11.5 Å². The molecule has 1 saturated carbocycles. The Hall–Kier alpha value is -4.85. The van der Waals surface area contributed by atoms with E-state index in [9.17, 15) is 19.6 Å². The van der Waals surface area contributed by atoms with Gasteiger partial charge in [0, 0.05) is 12.0 Å². The summed E-state index contributed by atoms with van der Waals surface area (Å²) in [5, 5.41) is 24.1. The number of methoxy groups -OCH3 is 1. The molecule has 1 aromatic heterocycles. The van der Waals surface area contributed by atoms with Crippen molar-refractivity contribution in [2.45, 2.75) is 71.9 Å². The second kappa shape index (κ2) is 14.6. The van der Waals surface area contributed by atoms with Crippen LogP contribution in [0.4, 0.5) is 10.5 Å². The van der Waals surface area contributed by atoms with Gasteiger partial charge in [-0.2, -0.15) is 20.6 Å². The highest BCUT2D eigenvalue weighted by molar-refractivity contribution is 5.96. The molecule has 2 aromatic carbocycles. The van der Waals surface area contributed by atoms with E-state index in [0.29, 0.717) is 24.6 Å². The molecule has 1 N–H and O–H groups in total. The summed E-state index contributed by atoms with van der Waals surface area (Å²) in [6.45, 7) is 8.15. The highest BCUT2D eigenvalue weighted by Crippen LogP contribution is 2.38. The Bertz CT molecular complexity index is 1620. The van der Waals surface area contributed by atoms with Crippen molar-refractivity contribution < 1.29 is 19.1 Å². The predicted octanol–water partition coefficient (Wildman–Crippen LogP) is 5.66. The van der Waals surface area contributed by atoms with Crippen LogP contribution in [0.2, 0.25) is 0 Å². The molecule has 0 bridgehead atoms. The van der Waals surface area contributed by atoms with E-state index in [0.717, 1.165) is 58.5 Å². The van der Waals surface area contributed by atoms with Gasteiger partial charge in [0.05, 0.1) is 31.6 Å². The summed E-state index contributed by atoms with van der Waals surface area (Å²) in [6, 6.07) is 13.5. The Morgan fingerprint density at radius 3 is 2.45 bits per heavy atom. The molecule has 1 heterocycles. The fourth-order valence-electron chi connectivity index (χ4n) is 5.68. The largest absolute Gasteiger partial charge is 0.497 e. The Morgan fingerprint density at radius 2 is 1.86 bits per heavy atom. The van der Waals surface area contributed by atoms with Gasteiger partial charge in [-0.05, 0) is 91.6 Å². The number of carbonyl (C=O) groups is 2. The molecule has 3 aromatic rings. The first-order valence-electron chi connectivity index (χ1n) is 14.8. The number of hydrogen-bond donors (Lipinski definition) is 1.